The Morgan fingerprint density at radius 2 is 1.82 bits per heavy atom. The van der Waals surface area contributed by atoms with E-state index in [0.29, 0.717) is 30.2 Å². The Labute approximate surface area is 173 Å². The molecule has 0 radical (unpaired) electrons. The molecular formula is C20H32ClN3O4. The highest BCUT2D eigenvalue weighted by Crippen LogP contribution is 2.28. The highest BCUT2D eigenvalue weighted by atomic mass is 35.5. The molecule has 7 nitrogen and oxygen atoms in total. The number of carbonyl (C=O) groups is 2. The Hall–Kier alpha value is -1.99. The summed E-state index contributed by atoms with van der Waals surface area (Å²) in [4.78, 5) is 26.8. The van der Waals surface area contributed by atoms with Crippen molar-refractivity contribution in [1.29, 1.82) is 0 Å². The van der Waals surface area contributed by atoms with Gasteiger partial charge in [0, 0.05) is 24.7 Å². The Kier molecular flexibility index (Phi) is 9.55. The second kappa shape index (κ2) is 11.1. The van der Waals surface area contributed by atoms with Gasteiger partial charge in [-0.2, -0.15) is 0 Å². The lowest BCUT2D eigenvalue weighted by atomic mass is 9.98. The molecule has 1 aromatic rings. The van der Waals surface area contributed by atoms with E-state index in [1.54, 1.807) is 37.3 Å². The van der Waals surface area contributed by atoms with Gasteiger partial charge < -0.3 is 25.4 Å². The Bertz CT molecular complexity index is 663. The predicted octanol–water partition coefficient (Wildman–Crippen LogP) is 2.22. The molecule has 0 aromatic heterocycles. The lowest BCUT2D eigenvalue weighted by Gasteiger charge is -2.33. The molecule has 2 atom stereocenters. The number of likely N-dealkylation sites (tertiary alicyclic amines) is 1. The first-order chi connectivity index (χ1) is 12.9. The molecule has 0 aliphatic carbocycles. The van der Waals surface area contributed by atoms with Crippen molar-refractivity contribution in [1.82, 2.24) is 10.2 Å². The van der Waals surface area contributed by atoms with Crippen LogP contribution in [0.4, 0.5) is 0 Å². The summed E-state index contributed by atoms with van der Waals surface area (Å²) in [6, 6.07) is 4.74. The van der Waals surface area contributed by atoms with E-state index in [9.17, 15) is 9.59 Å². The fraction of sp³-hybridized carbons (Fsp3) is 0.600. The molecule has 1 fully saturated rings. The molecule has 2 amide bonds. The van der Waals surface area contributed by atoms with Crippen LogP contribution in [-0.4, -0.2) is 56.1 Å². The summed E-state index contributed by atoms with van der Waals surface area (Å²) < 4.78 is 10.5. The number of nitrogens with one attached hydrogen (secondary N) is 1. The molecule has 1 aliphatic rings. The molecule has 2 rings (SSSR count). The summed E-state index contributed by atoms with van der Waals surface area (Å²) in [6.45, 7) is 5.19. The summed E-state index contributed by atoms with van der Waals surface area (Å²) in [5, 5.41) is 3.03. The third-order valence-electron chi connectivity index (χ3n) is 5.32. The van der Waals surface area contributed by atoms with Crippen LogP contribution >= 0.6 is 12.4 Å². The number of rotatable bonds is 7. The SMILES string of the molecule is CCC(C)C(N)C(=O)NC1CCN(C(=O)c2ccc(OC)c(OC)c2)CC1.Cl. The van der Waals surface area contributed by atoms with Gasteiger partial charge in [0.15, 0.2) is 11.5 Å². The van der Waals surface area contributed by atoms with Crippen molar-refractivity contribution in [3.63, 3.8) is 0 Å². The van der Waals surface area contributed by atoms with E-state index in [1.807, 2.05) is 13.8 Å². The summed E-state index contributed by atoms with van der Waals surface area (Å²) >= 11 is 0. The van der Waals surface area contributed by atoms with Gasteiger partial charge in [-0.25, -0.2) is 0 Å². The van der Waals surface area contributed by atoms with Gasteiger partial charge in [0.05, 0.1) is 20.3 Å². The van der Waals surface area contributed by atoms with Crippen molar-refractivity contribution in [2.75, 3.05) is 27.3 Å². The van der Waals surface area contributed by atoms with Gasteiger partial charge in [-0.05, 0) is 37.0 Å². The van der Waals surface area contributed by atoms with Crippen molar-refractivity contribution in [3.05, 3.63) is 23.8 Å². The van der Waals surface area contributed by atoms with Crippen LogP contribution in [0.5, 0.6) is 11.5 Å². The van der Waals surface area contributed by atoms with Crippen LogP contribution in [0.15, 0.2) is 18.2 Å². The smallest absolute Gasteiger partial charge is 0.253 e. The molecule has 2 unspecified atom stereocenters. The largest absolute Gasteiger partial charge is 0.493 e. The summed E-state index contributed by atoms with van der Waals surface area (Å²) in [5.74, 6) is 1.13. The first kappa shape index (κ1) is 24.0. The average Bonchev–Trinajstić information content (AvgIpc) is 2.71. The van der Waals surface area contributed by atoms with E-state index < -0.39 is 6.04 Å². The second-order valence-electron chi connectivity index (χ2n) is 7.06. The van der Waals surface area contributed by atoms with E-state index >= 15 is 0 Å². The van der Waals surface area contributed by atoms with Gasteiger partial charge in [-0.3, -0.25) is 9.59 Å². The first-order valence-electron chi connectivity index (χ1n) is 9.48. The van der Waals surface area contributed by atoms with Crippen molar-refractivity contribution in [3.8, 4) is 11.5 Å². The average molecular weight is 414 g/mol. The summed E-state index contributed by atoms with van der Waals surface area (Å²) in [5.41, 5.74) is 6.56. The zero-order valence-corrected chi connectivity index (χ0v) is 17.9. The molecule has 8 heteroatoms. The van der Waals surface area contributed by atoms with E-state index in [2.05, 4.69) is 5.32 Å². The molecule has 1 aliphatic heterocycles. The van der Waals surface area contributed by atoms with Crippen LogP contribution in [0.2, 0.25) is 0 Å². The number of benzene rings is 1. The number of piperidine rings is 1. The normalized spacial score (nSPS) is 16.5. The number of amides is 2. The lowest BCUT2D eigenvalue weighted by molar-refractivity contribution is -0.124. The van der Waals surface area contributed by atoms with Crippen LogP contribution in [0.3, 0.4) is 0 Å². The third-order valence-corrected chi connectivity index (χ3v) is 5.32. The highest BCUT2D eigenvalue weighted by molar-refractivity contribution is 5.95. The van der Waals surface area contributed by atoms with Crippen LogP contribution < -0.4 is 20.5 Å². The Balaban J connectivity index is 0.00000392. The van der Waals surface area contributed by atoms with Gasteiger partial charge in [0.2, 0.25) is 5.91 Å². The molecule has 1 heterocycles. The molecule has 0 saturated carbocycles. The fourth-order valence-electron chi connectivity index (χ4n) is 3.19. The molecule has 3 N–H and O–H groups in total. The number of halogens is 1. The number of methoxy groups -OCH3 is 2. The predicted molar refractivity (Wildman–Crippen MR) is 111 cm³/mol. The Morgan fingerprint density at radius 3 is 2.36 bits per heavy atom. The third kappa shape index (κ3) is 5.75. The molecule has 0 spiro atoms. The minimum atomic E-state index is -0.485. The molecule has 1 aromatic carbocycles. The summed E-state index contributed by atoms with van der Waals surface area (Å²) in [6.07, 6.45) is 2.31. The van der Waals surface area contributed by atoms with E-state index in [0.717, 1.165) is 19.3 Å². The van der Waals surface area contributed by atoms with Crippen LogP contribution in [0.1, 0.15) is 43.5 Å². The number of nitrogens with zero attached hydrogens (tertiary/aromatic N) is 1. The number of nitrogens with two attached hydrogens (primary N) is 1. The van der Waals surface area contributed by atoms with Crippen LogP contribution in [0.25, 0.3) is 0 Å². The monoisotopic (exact) mass is 413 g/mol. The van der Waals surface area contributed by atoms with Crippen molar-refractivity contribution in [2.24, 2.45) is 11.7 Å². The van der Waals surface area contributed by atoms with E-state index in [1.165, 1.54) is 0 Å². The molecular weight excluding hydrogens is 382 g/mol. The zero-order chi connectivity index (χ0) is 20.0. The maximum absolute atomic E-state index is 12.8. The number of hydrogen-bond donors (Lipinski definition) is 2. The quantitative estimate of drug-likeness (QED) is 0.714. The van der Waals surface area contributed by atoms with Crippen LogP contribution in [-0.2, 0) is 4.79 Å². The maximum atomic E-state index is 12.8. The van der Waals surface area contributed by atoms with Crippen LogP contribution in [0, 0.1) is 5.92 Å². The second-order valence-corrected chi connectivity index (χ2v) is 7.06. The minimum absolute atomic E-state index is 0. The van der Waals surface area contributed by atoms with Crippen molar-refractivity contribution in [2.45, 2.75) is 45.2 Å². The fourth-order valence-corrected chi connectivity index (χ4v) is 3.19. The molecule has 0 bridgehead atoms. The molecule has 158 valence electrons. The van der Waals surface area contributed by atoms with Crippen molar-refractivity contribution < 1.29 is 19.1 Å². The number of hydrogen-bond acceptors (Lipinski definition) is 5. The van der Waals surface area contributed by atoms with Gasteiger partial charge in [-0.15, -0.1) is 12.4 Å². The zero-order valence-electron chi connectivity index (χ0n) is 17.1. The maximum Gasteiger partial charge on any atom is 0.253 e. The number of carbonyl (C=O) groups excluding carboxylic acids is 2. The van der Waals surface area contributed by atoms with Gasteiger partial charge in [-0.1, -0.05) is 20.3 Å². The van der Waals surface area contributed by atoms with Gasteiger partial charge in [0.1, 0.15) is 0 Å². The number of ether oxygens (including phenoxy) is 2. The lowest BCUT2D eigenvalue weighted by Crippen LogP contribution is -2.52. The highest BCUT2D eigenvalue weighted by Gasteiger charge is 2.27. The molecule has 28 heavy (non-hydrogen) atoms. The summed E-state index contributed by atoms with van der Waals surface area (Å²) in [7, 11) is 3.11. The van der Waals surface area contributed by atoms with Gasteiger partial charge in [0.25, 0.3) is 5.91 Å². The Morgan fingerprint density at radius 1 is 1.21 bits per heavy atom. The standard InChI is InChI=1S/C20H31N3O4.ClH/c1-5-13(2)18(21)19(24)22-15-8-10-23(11-9-15)20(25)14-6-7-16(26-3)17(12-14)27-4;/h6-7,12-13,15,18H,5,8-11,21H2,1-4H3,(H,22,24);1H. The minimum Gasteiger partial charge on any atom is -0.493 e. The molecule has 1 saturated heterocycles. The van der Waals surface area contributed by atoms with Gasteiger partial charge >= 0.3 is 0 Å². The van der Waals surface area contributed by atoms with Crippen molar-refractivity contribution >= 4 is 24.2 Å². The van der Waals surface area contributed by atoms with E-state index in [-0.39, 0.29) is 36.2 Å². The van der Waals surface area contributed by atoms with E-state index in [4.69, 9.17) is 15.2 Å². The topological polar surface area (TPSA) is 93.9 Å². The first-order valence-corrected chi connectivity index (χ1v) is 9.48.